The predicted octanol–water partition coefficient (Wildman–Crippen LogP) is 2.24. The average molecular weight is 327 g/mol. The number of rotatable bonds is 4. The van der Waals surface area contributed by atoms with E-state index in [1.807, 2.05) is 0 Å². The van der Waals surface area contributed by atoms with Crippen molar-refractivity contribution < 1.29 is 18.8 Å². The second-order valence-corrected chi connectivity index (χ2v) is 5.17. The number of halogens is 1. The number of para-hydroxylation sites is 1. The van der Waals surface area contributed by atoms with E-state index >= 15 is 0 Å². The number of amides is 4. The van der Waals surface area contributed by atoms with Crippen LogP contribution in [0.4, 0.5) is 14.9 Å². The fourth-order valence-corrected chi connectivity index (χ4v) is 2.45. The number of hydrogen-bond acceptors (Lipinski definition) is 3. The lowest BCUT2D eigenvalue weighted by atomic mass is 10.1. The molecular weight excluding hydrogens is 313 g/mol. The Bertz CT molecular complexity index is 787. The van der Waals surface area contributed by atoms with Crippen molar-refractivity contribution in [3.8, 4) is 0 Å². The van der Waals surface area contributed by atoms with E-state index < -0.39 is 11.8 Å². The summed E-state index contributed by atoms with van der Waals surface area (Å²) in [5.41, 5.74) is 0.771. The molecule has 6 nitrogen and oxygen atoms in total. The lowest BCUT2D eigenvalue weighted by Gasteiger charge is -2.14. The van der Waals surface area contributed by atoms with Crippen LogP contribution in [0.3, 0.4) is 0 Å². The molecule has 1 aliphatic heterocycles. The maximum atomic E-state index is 13.4. The molecule has 0 unspecified atom stereocenters. The molecule has 0 bridgehead atoms. The van der Waals surface area contributed by atoms with E-state index in [1.54, 1.807) is 30.3 Å². The first-order chi connectivity index (χ1) is 11.6. The summed E-state index contributed by atoms with van der Waals surface area (Å²) in [4.78, 5) is 37.1. The molecule has 0 radical (unpaired) electrons. The van der Waals surface area contributed by atoms with Crippen LogP contribution in [-0.2, 0) is 0 Å². The fourth-order valence-electron chi connectivity index (χ4n) is 2.45. The lowest BCUT2D eigenvalue weighted by molar-refractivity contribution is 0.0656. The summed E-state index contributed by atoms with van der Waals surface area (Å²) in [6.45, 7) is 0.1000. The quantitative estimate of drug-likeness (QED) is 0.846. The molecule has 0 spiro atoms. The molecule has 4 amide bonds. The Morgan fingerprint density at radius 3 is 2.17 bits per heavy atom. The molecular formula is C17H14FN3O3. The number of nitrogens with zero attached hydrogens (tertiary/aromatic N) is 1. The van der Waals surface area contributed by atoms with Gasteiger partial charge in [0, 0.05) is 13.1 Å². The van der Waals surface area contributed by atoms with E-state index in [1.165, 1.54) is 18.2 Å². The van der Waals surface area contributed by atoms with Crippen molar-refractivity contribution in [2.45, 2.75) is 0 Å². The third-order valence-corrected chi connectivity index (χ3v) is 3.62. The summed E-state index contributed by atoms with van der Waals surface area (Å²) in [6, 6.07) is 11.7. The molecule has 0 saturated heterocycles. The number of urea groups is 1. The number of nitrogens with one attached hydrogen (secondary N) is 2. The van der Waals surface area contributed by atoms with Crippen LogP contribution < -0.4 is 10.6 Å². The van der Waals surface area contributed by atoms with Gasteiger partial charge >= 0.3 is 6.03 Å². The minimum Gasteiger partial charge on any atom is -0.336 e. The summed E-state index contributed by atoms with van der Waals surface area (Å²) in [5.74, 6) is -1.31. The summed E-state index contributed by atoms with van der Waals surface area (Å²) in [7, 11) is 0. The van der Waals surface area contributed by atoms with Gasteiger partial charge in [0.1, 0.15) is 5.82 Å². The fraction of sp³-hybridized carbons (Fsp3) is 0.118. The van der Waals surface area contributed by atoms with Gasteiger partial charge in [-0.3, -0.25) is 14.5 Å². The van der Waals surface area contributed by atoms with Gasteiger partial charge < -0.3 is 10.6 Å². The van der Waals surface area contributed by atoms with E-state index in [0.717, 1.165) is 4.90 Å². The Hall–Kier alpha value is -3.22. The second kappa shape index (κ2) is 6.49. The summed E-state index contributed by atoms with van der Waals surface area (Å²) < 4.78 is 13.4. The van der Waals surface area contributed by atoms with Crippen LogP contribution in [-0.4, -0.2) is 35.8 Å². The van der Waals surface area contributed by atoms with Crippen LogP contribution in [0.2, 0.25) is 0 Å². The second-order valence-electron chi connectivity index (χ2n) is 5.17. The van der Waals surface area contributed by atoms with Gasteiger partial charge in [-0.2, -0.15) is 0 Å². The number of hydrogen-bond donors (Lipinski definition) is 2. The maximum Gasteiger partial charge on any atom is 0.319 e. The molecule has 2 N–H and O–H groups in total. The van der Waals surface area contributed by atoms with E-state index in [4.69, 9.17) is 0 Å². The Kier molecular flexibility index (Phi) is 4.24. The zero-order chi connectivity index (χ0) is 17.1. The van der Waals surface area contributed by atoms with Gasteiger partial charge in [-0.05, 0) is 24.3 Å². The molecule has 0 fully saturated rings. The zero-order valence-corrected chi connectivity index (χ0v) is 12.6. The van der Waals surface area contributed by atoms with E-state index in [2.05, 4.69) is 10.6 Å². The van der Waals surface area contributed by atoms with Gasteiger partial charge in [-0.15, -0.1) is 0 Å². The number of anilines is 1. The van der Waals surface area contributed by atoms with Crippen molar-refractivity contribution in [1.82, 2.24) is 10.2 Å². The van der Waals surface area contributed by atoms with E-state index in [0.29, 0.717) is 11.1 Å². The molecule has 7 heteroatoms. The third kappa shape index (κ3) is 2.96. The molecule has 0 atom stereocenters. The third-order valence-electron chi connectivity index (χ3n) is 3.62. The maximum absolute atomic E-state index is 13.4. The van der Waals surface area contributed by atoms with Crippen LogP contribution in [0, 0.1) is 5.82 Å². The highest BCUT2D eigenvalue weighted by Crippen LogP contribution is 2.21. The topological polar surface area (TPSA) is 78.5 Å². The molecule has 0 aliphatic carbocycles. The summed E-state index contributed by atoms with van der Waals surface area (Å²) >= 11 is 0. The minimum atomic E-state index is -0.614. The first kappa shape index (κ1) is 15.7. The Morgan fingerprint density at radius 2 is 1.54 bits per heavy atom. The van der Waals surface area contributed by atoms with Crippen LogP contribution in [0.5, 0.6) is 0 Å². The number of carbonyl (C=O) groups is 3. The molecule has 122 valence electrons. The largest absolute Gasteiger partial charge is 0.336 e. The van der Waals surface area contributed by atoms with Gasteiger partial charge in [-0.1, -0.05) is 24.3 Å². The first-order valence-corrected chi connectivity index (χ1v) is 7.32. The molecule has 0 aromatic heterocycles. The Labute approximate surface area is 137 Å². The highest BCUT2D eigenvalue weighted by atomic mass is 19.1. The van der Waals surface area contributed by atoms with E-state index in [9.17, 15) is 18.8 Å². The first-order valence-electron chi connectivity index (χ1n) is 7.32. The summed E-state index contributed by atoms with van der Waals surface area (Å²) in [5, 5.41) is 4.85. The monoisotopic (exact) mass is 327 g/mol. The number of carbonyl (C=O) groups excluding carboxylic acids is 3. The Morgan fingerprint density at radius 1 is 0.958 bits per heavy atom. The number of fused-ring (bicyclic) bond motifs is 1. The van der Waals surface area contributed by atoms with Gasteiger partial charge in [0.25, 0.3) is 11.8 Å². The smallest absolute Gasteiger partial charge is 0.319 e. The molecule has 1 aliphatic rings. The predicted molar refractivity (Wildman–Crippen MR) is 85.2 cm³/mol. The normalized spacial score (nSPS) is 13.0. The zero-order valence-electron chi connectivity index (χ0n) is 12.6. The van der Waals surface area contributed by atoms with Crippen LogP contribution in [0.1, 0.15) is 20.7 Å². The average Bonchev–Trinajstić information content (AvgIpc) is 2.82. The van der Waals surface area contributed by atoms with Gasteiger partial charge in [-0.25, -0.2) is 9.18 Å². The highest BCUT2D eigenvalue weighted by molar-refractivity contribution is 6.21. The van der Waals surface area contributed by atoms with Crippen molar-refractivity contribution in [3.05, 3.63) is 65.5 Å². The minimum absolute atomic E-state index is 0.0387. The van der Waals surface area contributed by atoms with Crippen LogP contribution in [0.25, 0.3) is 0 Å². The van der Waals surface area contributed by atoms with Crippen molar-refractivity contribution in [2.24, 2.45) is 0 Å². The molecule has 1 heterocycles. The van der Waals surface area contributed by atoms with Crippen LogP contribution >= 0.6 is 0 Å². The van der Waals surface area contributed by atoms with Crippen molar-refractivity contribution in [2.75, 3.05) is 18.4 Å². The van der Waals surface area contributed by atoms with Crippen molar-refractivity contribution in [3.63, 3.8) is 0 Å². The molecule has 3 rings (SSSR count). The molecule has 24 heavy (non-hydrogen) atoms. The molecule has 2 aromatic rings. The van der Waals surface area contributed by atoms with Gasteiger partial charge in [0.2, 0.25) is 0 Å². The van der Waals surface area contributed by atoms with Crippen molar-refractivity contribution in [1.29, 1.82) is 0 Å². The van der Waals surface area contributed by atoms with Crippen LogP contribution in [0.15, 0.2) is 48.5 Å². The van der Waals surface area contributed by atoms with Crippen molar-refractivity contribution >= 4 is 23.5 Å². The highest BCUT2D eigenvalue weighted by Gasteiger charge is 2.34. The molecule has 0 saturated carbocycles. The van der Waals surface area contributed by atoms with E-state index in [-0.39, 0.29) is 30.6 Å². The number of imide groups is 1. The SMILES string of the molecule is O=C(NCCN1C(=O)c2ccccc2C1=O)Nc1ccccc1F. The van der Waals surface area contributed by atoms with Gasteiger partial charge in [0.05, 0.1) is 16.8 Å². The Balaban J connectivity index is 1.54. The standard InChI is InChI=1S/C17H14FN3O3/c18-13-7-3-4-8-14(13)20-17(24)19-9-10-21-15(22)11-5-1-2-6-12(11)16(21)23/h1-8H,9-10H2,(H2,19,20,24). The number of benzene rings is 2. The molecule has 2 aromatic carbocycles. The summed E-state index contributed by atoms with van der Waals surface area (Å²) in [6.07, 6.45) is 0. The lowest BCUT2D eigenvalue weighted by Crippen LogP contribution is -2.39. The van der Waals surface area contributed by atoms with Gasteiger partial charge in [0.15, 0.2) is 0 Å².